The van der Waals surface area contributed by atoms with Gasteiger partial charge < -0.3 is 9.32 Å². The summed E-state index contributed by atoms with van der Waals surface area (Å²) in [6.07, 6.45) is 4.08. The van der Waals surface area contributed by atoms with Gasteiger partial charge in [-0.2, -0.15) is 0 Å². The number of thioether (sulfide) groups is 1. The molecule has 5 nitrogen and oxygen atoms in total. The molecule has 17 heavy (non-hydrogen) atoms. The zero-order valence-electron chi connectivity index (χ0n) is 10.0. The van der Waals surface area contributed by atoms with Crippen LogP contribution in [0.3, 0.4) is 0 Å². The second-order valence-electron chi connectivity index (χ2n) is 4.13. The number of aryl methyl sites for hydroxylation is 1. The maximum Gasteiger partial charge on any atom is 0.276 e. The minimum atomic E-state index is 0.244. The minimum absolute atomic E-state index is 0.244. The molecule has 1 aliphatic heterocycles. The third-order valence-electron chi connectivity index (χ3n) is 2.76. The molecule has 6 heteroatoms. The van der Waals surface area contributed by atoms with Crippen molar-refractivity contribution in [3.63, 3.8) is 0 Å². The van der Waals surface area contributed by atoms with Crippen molar-refractivity contribution in [1.29, 1.82) is 0 Å². The predicted octanol–water partition coefficient (Wildman–Crippen LogP) is 1.87. The summed E-state index contributed by atoms with van der Waals surface area (Å²) in [5.41, 5.74) is 0. The number of hydrogen-bond donors (Lipinski definition) is 0. The molecule has 1 amide bonds. The summed E-state index contributed by atoms with van der Waals surface area (Å²) in [4.78, 5) is 13.8. The summed E-state index contributed by atoms with van der Waals surface area (Å²) in [6.45, 7) is 3.60. The summed E-state index contributed by atoms with van der Waals surface area (Å²) in [5, 5.41) is 8.17. The van der Waals surface area contributed by atoms with Crippen molar-refractivity contribution in [2.24, 2.45) is 0 Å². The lowest BCUT2D eigenvalue weighted by Crippen LogP contribution is -2.35. The number of amides is 1. The summed E-state index contributed by atoms with van der Waals surface area (Å²) < 4.78 is 5.23. The average Bonchev–Trinajstić information content (AvgIpc) is 2.76. The van der Waals surface area contributed by atoms with E-state index >= 15 is 0 Å². The van der Waals surface area contributed by atoms with Crippen LogP contribution in [0.4, 0.5) is 0 Å². The van der Waals surface area contributed by atoms with Crippen molar-refractivity contribution in [2.75, 3.05) is 18.8 Å². The Balaban J connectivity index is 1.69. The number of likely N-dealkylation sites (tertiary alicyclic amines) is 1. The normalized spacial score (nSPS) is 16.2. The van der Waals surface area contributed by atoms with Crippen LogP contribution in [-0.2, 0) is 4.79 Å². The molecule has 94 valence electrons. The highest BCUT2D eigenvalue weighted by Crippen LogP contribution is 2.17. The first-order chi connectivity index (χ1) is 8.25. The fourth-order valence-corrected chi connectivity index (χ4v) is 2.59. The molecule has 0 N–H and O–H groups in total. The van der Waals surface area contributed by atoms with Gasteiger partial charge in [-0.15, -0.1) is 10.2 Å². The number of aromatic nitrogens is 2. The Bertz CT molecular complexity index is 375. The maximum atomic E-state index is 11.8. The van der Waals surface area contributed by atoms with Crippen LogP contribution in [0.25, 0.3) is 0 Å². The Morgan fingerprint density at radius 2 is 2.12 bits per heavy atom. The van der Waals surface area contributed by atoms with Crippen molar-refractivity contribution in [2.45, 2.75) is 37.8 Å². The molecule has 1 aromatic heterocycles. The molecule has 0 bridgehead atoms. The molecule has 0 radical (unpaired) electrons. The highest BCUT2D eigenvalue weighted by Gasteiger charge is 2.16. The van der Waals surface area contributed by atoms with Crippen LogP contribution in [0.15, 0.2) is 9.64 Å². The molecule has 0 atom stereocenters. The number of piperidine rings is 1. The topological polar surface area (TPSA) is 59.2 Å². The molecule has 1 saturated heterocycles. The van der Waals surface area contributed by atoms with E-state index in [1.54, 1.807) is 6.92 Å². The van der Waals surface area contributed by atoms with E-state index in [1.807, 2.05) is 4.90 Å². The van der Waals surface area contributed by atoms with Gasteiger partial charge in [0.15, 0.2) is 0 Å². The summed E-state index contributed by atoms with van der Waals surface area (Å²) in [6, 6.07) is 0. The fraction of sp³-hybridized carbons (Fsp3) is 0.727. The smallest absolute Gasteiger partial charge is 0.276 e. The molecule has 0 saturated carbocycles. The van der Waals surface area contributed by atoms with Gasteiger partial charge in [-0.25, -0.2) is 0 Å². The SMILES string of the molecule is Cc1nnc(SCCC(=O)N2CCCCC2)o1. The highest BCUT2D eigenvalue weighted by atomic mass is 32.2. The van der Waals surface area contributed by atoms with E-state index in [0.717, 1.165) is 25.9 Å². The molecule has 2 rings (SSSR count). The number of nitrogens with zero attached hydrogens (tertiary/aromatic N) is 3. The van der Waals surface area contributed by atoms with Gasteiger partial charge >= 0.3 is 0 Å². The molecule has 0 unspecified atom stereocenters. The van der Waals surface area contributed by atoms with Crippen LogP contribution in [0.5, 0.6) is 0 Å². The minimum Gasteiger partial charge on any atom is -0.416 e. The van der Waals surface area contributed by atoms with Crippen LogP contribution in [0.1, 0.15) is 31.6 Å². The lowest BCUT2D eigenvalue weighted by molar-refractivity contribution is -0.131. The molecule has 1 fully saturated rings. The Kier molecular flexibility index (Phi) is 4.42. The summed E-state index contributed by atoms with van der Waals surface area (Å²) >= 11 is 1.45. The van der Waals surface area contributed by atoms with Gasteiger partial charge in [0.25, 0.3) is 5.22 Å². The quantitative estimate of drug-likeness (QED) is 0.769. The van der Waals surface area contributed by atoms with E-state index in [0.29, 0.717) is 23.3 Å². The van der Waals surface area contributed by atoms with Gasteiger partial charge in [0.1, 0.15) is 0 Å². The van der Waals surface area contributed by atoms with E-state index in [-0.39, 0.29) is 5.91 Å². The number of carbonyl (C=O) groups excluding carboxylic acids is 1. The third-order valence-corrected chi connectivity index (χ3v) is 3.58. The molecule has 0 aromatic carbocycles. The van der Waals surface area contributed by atoms with Crippen molar-refractivity contribution >= 4 is 17.7 Å². The monoisotopic (exact) mass is 255 g/mol. The molecule has 0 spiro atoms. The second-order valence-corrected chi connectivity index (χ2v) is 5.17. The van der Waals surface area contributed by atoms with Crippen LogP contribution >= 0.6 is 11.8 Å². The van der Waals surface area contributed by atoms with E-state index in [4.69, 9.17) is 4.42 Å². The van der Waals surface area contributed by atoms with Gasteiger partial charge in [0, 0.05) is 32.2 Å². The molecular formula is C11H17N3O2S. The summed E-state index contributed by atoms with van der Waals surface area (Å²) in [7, 11) is 0. The molecule has 2 heterocycles. The van der Waals surface area contributed by atoms with Crippen molar-refractivity contribution in [3.05, 3.63) is 5.89 Å². The first-order valence-electron chi connectivity index (χ1n) is 5.96. The molecule has 1 aliphatic rings. The maximum absolute atomic E-state index is 11.8. The largest absolute Gasteiger partial charge is 0.416 e. The summed E-state index contributed by atoms with van der Waals surface area (Å²) in [5.74, 6) is 1.51. The number of hydrogen-bond acceptors (Lipinski definition) is 5. The average molecular weight is 255 g/mol. The number of rotatable bonds is 4. The Morgan fingerprint density at radius 3 is 2.76 bits per heavy atom. The van der Waals surface area contributed by atoms with E-state index in [2.05, 4.69) is 10.2 Å². The number of carbonyl (C=O) groups is 1. The zero-order chi connectivity index (χ0) is 12.1. The first kappa shape index (κ1) is 12.4. The van der Waals surface area contributed by atoms with E-state index in [9.17, 15) is 4.79 Å². The van der Waals surface area contributed by atoms with Crippen LogP contribution in [0, 0.1) is 6.92 Å². The Labute approximate surface area is 105 Å². The van der Waals surface area contributed by atoms with Crippen molar-refractivity contribution in [1.82, 2.24) is 15.1 Å². The predicted molar refractivity (Wildman–Crippen MR) is 64.8 cm³/mol. The van der Waals surface area contributed by atoms with Crippen LogP contribution < -0.4 is 0 Å². The van der Waals surface area contributed by atoms with E-state index < -0.39 is 0 Å². The van der Waals surface area contributed by atoms with Gasteiger partial charge in [0.05, 0.1) is 0 Å². The van der Waals surface area contributed by atoms with Crippen LogP contribution in [-0.4, -0.2) is 39.8 Å². The molecule has 0 aliphatic carbocycles. The van der Waals surface area contributed by atoms with Crippen molar-refractivity contribution in [3.8, 4) is 0 Å². The van der Waals surface area contributed by atoms with E-state index in [1.165, 1.54) is 18.2 Å². The van der Waals surface area contributed by atoms with Crippen LogP contribution in [0.2, 0.25) is 0 Å². The first-order valence-corrected chi connectivity index (χ1v) is 6.95. The lowest BCUT2D eigenvalue weighted by Gasteiger charge is -2.26. The standard InChI is InChI=1S/C11H17N3O2S/c1-9-12-13-11(16-9)17-8-5-10(15)14-6-3-2-4-7-14/h2-8H2,1H3. The lowest BCUT2D eigenvalue weighted by atomic mass is 10.1. The zero-order valence-corrected chi connectivity index (χ0v) is 10.8. The second kappa shape index (κ2) is 6.05. The molecular weight excluding hydrogens is 238 g/mol. The van der Waals surface area contributed by atoms with Gasteiger partial charge in [-0.3, -0.25) is 4.79 Å². The third kappa shape index (κ3) is 3.73. The Morgan fingerprint density at radius 1 is 1.35 bits per heavy atom. The van der Waals surface area contributed by atoms with Gasteiger partial charge in [-0.05, 0) is 19.3 Å². The van der Waals surface area contributed by atoms with Crippen molar-refractivity contribution < 1.29 is 9.21 Å². The molecule has 1 aromatic rings. The highest BCUT2D eigenvalue weighted by molar-refractivity contribution is 7.99. The van der Waals surface area contributed by atoms with Gasteiger partial charge in [-0.1, -0.05) is 11.8 Å². The Hall–Kier alpha value is -1.04. The van der Waals surface area contributed by atoms with Gasteiger partial charge in [0.2, 0.25) is 11.8 Å². The fourth-order valence-electron chi connectivity index (χ4n) is 1.86.